The van der Waals surface area contributed by atoms with Crippen LogP contribution in [0.1, 0.15) is 12.8 Å². The van der Waals surface area contributed by atoms with Crippen LogP contribution in [-0.4, -0.2) is 52.0 Å². The van der Waals surface area contributed by atoms with E-state index < -0.39 is 22.0 Å². The van der Waals surface area contributed by atoms with E-state index >= 15 is 0 Å². The molecule has 1 atom stereocenters. The fourth-order valence-corrected chi connectivity index (χ4v) is 4.97. The van der Waals surface area contributed by atoms with Crippen molar-refractivity contribution in [2.75, 3.05) is 37.5 Å². The number of nitrogens with one attached hydrogen (secondary N) is 1. The number of benzene rings is 2. The van der Waals surface area contributed by atoms with Crippen molar-refractivity contribution in [3.8, 4) is 0 Å². The van der Waals surface area contributed by atoms with Crippen molar-refractivity contribution < 1.29 is 22.7 Å². The van der Waals surface area contributed by atoms with Crippen LogP contribution >= 0.6 is 0 Å². The molecule has 0 unspecified atom stereocenters. The van der Waals surface area contributed by atoms with Crippen LogP contribution < -0.4 is 10.2 Å². The van der Waals surface area contributed by atoms with Crippen LogP contribution in [0.2, 0.25) is 0 Å². The topological polar surface area (TPSA) is 96.0 Å². The van der Waals surface area contributed by atoms with Gasteiger partial charge in [-0.1, -0.05) is 18.2 Å². The maximum absolute atomic E-state index is 13.1. The Labute approximate surface area is 176 Å². The molecule has 1 heterocycles. The lowest BCUT2D eigenvalue weighted by Crippen LogP contribution is -2.45. The number of piperidine rings is 1. The molecule has 0 bridgehead atoms. The lowest BCUT2D eigenvalue weighted by molar-refractivity contribution is -0.123. The fraction of sp³-hybridized carbons (Fsp3) is 0.333. The van der Waals surface area contributed by atoms with Gasteiger partial charge in [-0.25, -0.2) is 13.2 Å². The zero-order chi connectivity index (χ0) is 21.7. The Bertz CT molecular complexity index is 993. The van der Waals surface area contributed by atoms with Crippen molar-refractivity contribution in [2.45, 2.75) is 17.7 Å². The molecular formula is C21H25N3O5S. The van der Waals surface area contributed by atoms with E-state index in [0.717, 1.165) is 5.69 Å². The van der Waals surface area contributed by atoms with Gasteiger partial charge in [-0.3, -0.25) is 10.1 Å². The summed E-state index contributed by atoms with van der Waals surface area (Å²) in [7, 11) is -0.797. The van der Waals surface area contributed by atoms with Gasteiger partial charge in [0.2, 0.25) is 15.9 Å². The second kappa shape index (κ2) is 9.27. The molecule has 1 fully saturated rings. The molecule has 9 heteroatoms. The monoisotopic (exact) mass is 431 g/mol. The number of rotatable bonds is 5. The van der Waals surface area contributed by atoms with Gasteiger partial charge in [0.15, 0.2) is 0 Å². The third-order valence-electron chi connectivity index (χ3n) is 5.13. The highest BCUT2D eigenvalue weighted by Gasteiger charge is 2.34. The van der Waals surface area contributed by atoms with E-state index in [1.54, 1.807) is 11.9 Å². The fourth-order valence-electron chi connectivity index (χ4n) is 3.44. The van der Waals surface area contributed by atoms with Gasteiger partial charge in [0.1, 0.15) is 0 Å². The molecule has 0 spiro atoms. The van der Waals surface area contributed by atoms with Gasteiger partial charge in [-0.15, -0.1) is 0 Å². The van der Waals surface area contributed by atoms with Crippen LogP contribution in [0.25, 0.3) is 0 Å². The first-order chi connectivity index (χ1) is 14.3. The highest BCUT2D eigenvalue weighted by molar-refractivity contribution is 7.89. The smallest absolute Gasteiger partial charge is 0.411 e. The van der Waals surface area contributed by atoms with E-state index in [1.807, 2.05) is 30.3 Å². The number of methoxy groups -OCH3 is 1. The average Bonchev–Trinajstić information content (AvgIpc) is 2.79. The van der Waals surface area contributed by atoms with Gasteiger partial charge in [0, 0.05) is 31.5 Å². The third kappa shape index (κ3) is 4.80. The SMILES string of the molecule is COC(=O)Nc1ccc(S(=O)(=O)N2CCC[C@H](C(=O)N(C)c3ccccc3)C2)cc1. The first-order valence-electron chi connectivity index (χ1n) is 9.60. The summed E-state index contributed by atoms with van der Waals surface area (Å²) >= 11 is 0. The van der Waals surface area contributed by atoms with Gasteiger partial charge in [-0.2, -0.15) is 4.31 Å². The lowest BCUT2D eigenvalue weighted by Gasteiger charge is -2.33. The summed E-state index contributed by atoms with van der Waals surface area (Å²) in [6.07, 6.45) is 0.620. The number of carbonyl (C=O) groups is 2. The minimum absolute atomic E-state index is 0.0984. The van der Waals surface area contributed by atoms with E-state index in [0.29, 0.717) is 25.1 Å². The standard InChI is InChI=1S/C21H25N3O5S/c1-23(18-8-4-3-5-9-18)20(25)16-7-6-14-24(15-16)30(27,28)19-12-10-17(11-13-19)22-21(26)29-2/h3-5,8-13,16H,6-7,14-15H2,1-2H3,(H,22,26)/t16-/m0/s1. The van der Waals surface area contributed by atoms with Crippen LogP contribution in [0.15, 0.2) is 59.5 Å². The molecule has 2 aromatic carbocycles. The summed E-state index contributed by atoms with van der Waals surface area (Å²) in [5.74, 6) is -0.502. The van der Waals surface area contributed by atoms with E-state index in [2.05, 4.69) is 10.1 Å². The zero-order valence-corrected chi connectivity index (χ0v) is 17.8. The predicted octanol–water partition coefficient (Wildman–Crippen LogP) is 2.93. The van der Waals surface area contributed by atoms with Crippen LogP contribution in [0.4, 0.5) is 16.2 Å². The summed E-state index contributed by atoms with van der Waals surface area (Å²) in [6, 6.07) is 15.1. The number of sulfonamides is 1. The molecule has 3 rings (SSSR count). The second-order valence-corrected chi connectivity index (χ2v) is 9.01. The number of amides is 2. The van der Waals surface area contributed by atoms with Crippen LogP contribution in [0.3, 0.4) is 0 Å². The van der Waals surface area contributed by atoms with Crippen LogP contribution in [0, 0.1) is 5.92 Å². The number of hydrogen-bond donors (Lipinski definition) is 1. The van der Waals surface area contributed by atoms with Gasteiger partial charge in [0.05, 0.1) is 17.9 Å². The minimum Gasteiger partial charge on any atom is -0.453 e. The summed E-state index contributed by atoms with van der Waals surface area (Å²) in [5, 5.41) is 2.48. The van der Waals surface area contributed by atoms with Gasteiger partial charge in [-0.05, 0) is 49.2 Å². The lowest BCUT2D eigenvalue weighted by atomic mass is 9.98. The number of carbonyl (C=O) groups excluding carboxylic acids is 2. The number of nitrogens with zero attached hydrogens (tertiary/aromatic N) is 2. The molecule has 0 aliphatic carbocycles. The average molecular weight is 432 g/mol. The molecule has 0 aromatic heterocycles. The Kier molecular flexibility index (Phi) is 6.73. The zero-order valence-electron chi connectivity index (χ0n) is 16.9. The maximum Gasteiger partial charge on any atom is 0.411 e. The summed E-state index contributed by atoms with van der Waals surface area (Å²) < 4.78 is 32.0. The first kappa shape index (κ1) is 21.8. The first-order valence-corrected chi connectivity index (χ1v) is 11.0. The van der Waals surface area contributed by atoms with Crippen molar-refractivity contribution in [3.05, 3.63) is 54.6 Å². The quantitative estimate of drug-likeness (QED) is 0.785. The van der Waals surface area contributed by atoms with Crippen LogP contribution in [0.5, 0.6) is 0 Å². The van der Waals surface area contributed by atoms with Gasteiger partial charge >= 0.3 is 6.09 Å². The Morgan fingerprint density at radius 1 is 1.10 bits per heavy atom. The van der Waals surface area contributed by atoms with Crippen molar-refractivity contribution in [1.29, 1.82) is 0 Å². The van der Waals surface area contributed by atoms with Crippen molar-refractivity contribution in [1.82, 2.24) is 4.31 Å². The number of para-hydroxylation sites is 1. The maximum atomic E-state index is 13.1. The number of anilines is 2. The van der Waals surface area contributed by atoms with Crippen molar-refractivity contribution in [2.24, 2.45) is 5.92 Å². The van der Waals surface area contributed by atoms with Crippen LogP contribution in [-0.2, 0) is 19.6 Å². The minimum atomic E-state index is -3.75. The highest BCUT2D eigenvalue weighted by atomic mass is 32.2. The van der Waals surface area contributed by atoms with E-state index in [-0.39, 0.29) is 17.3 Å². The number of ether oxygens (including phenoxy) is 1. The third-order valence-corrected chi connectivity index (χ3v) is 7.01. The molecule has 2 aromatic rings. The molecule has 0 radical (unpaired) electrons. The molecule has 30 heavy (non-hydrogen) atoms. The molecule has 160 valence electrons. The van der Waals surface area contributed by atoms with E-state index in [9.17, 15) is 18.0 Å². The Hall–Kier alpha value is -2.91. The Morgan fingerprint density at radius 3 is 2.40 bits per heavy atom. The molecule has 8 nitrogen and oxygen atoms in total. The molecule has 2 amide bonds. The van der Waals surface area contributed by atoms with Gasteiger partial charge < -0.3 is 9.64 Å². The second-order valence-electron chi connectivity index (χ2n) is 7.08. The highest BCUT2D eigenvalue weighted by Crippen LogP contribution is 2.27. The summed E-state index contributed by atoms with van der Waals surface area (Å²) in [6.45, 7) is 0.504. The molecule has 1 aliphatic rings. The molecule has 0 saturated carbocycles. The number of hydrogen-bond acceptors (Lipinski definition) is 5. The van der Waals surface area contributed by atoms with E-state index in [4.69, 9.17) is 0 Å². The molecule has 1 N–H and O–H groups in total. The largest absolute Gasteiger partial charge is 0.453 e. The Morgan fingerprint density at radius 2 is 1.77 bits per heavy atom. The summed E-state index contributed by atoms with van der Waals surface area (Å²) in [5.41, 5.74) is 1.20. The van der Waals surface area contributed by atoms with Crippen molar-refractivity contribution in [3.63, 3.8) is 0 Å². The van der Waals surface area contributed by atoms with E-state index in [1.165, 1.54) is 35.7 Å². The normalized spacial score (nSPS) is 17.2. The predicted molar refractivity (Wildman–Crippen MR) is 114 cm³/mol. The van der Waals surface area contributed by atoms with Gasteiger partial charge in [0.25, 0.3) is 0 Å². The molecular weight excluding hydrogens is 406 g/mol. The Balaban J connectivity index is 1.72. The van der Waals surface area contributed by atoms with Crippen molar-refractivity contribution >= 4 is 33.4 Å². The summed E-state index contributed by atoms with van der Waals surface area (Å²) in [4.78, 5) is 25.9. The molecule has 1 saturated heterocycles. The molecule has 1 aliphatic heterocycles.